The average Bonchev–Trinajstić information content (AvgIpc) is 2.47. The molecule has 2 N–H and O–H groups in total. The summed E-state index contributed by atoms with van der Waals surface area (Å²) in [6, 6.07) is 0. The van der Waals surface area contributed by atoms with Gasteiger partial charge in [0.1, 0.15) is 6.10 Å². The molecule has 1 rings (SSSR count). The van der Waals surface area contributed by atoms with Gasteiger partial charge >= 0.3 is 0 Å². The quantitative estimate of drug-likeness (QED) is 0.592. The Morgan fingerprint density at radius 2 is 1.95 bits per heavy atom. The van der Waals surface area contributed by atoms with Crippen LogP contribution in [0, 0.1) is 0 Å². The van der Waals surface area contributed by atoms with Gasteiger partial charge in [-0.1, -0.05) is 39.0 Å². The van der Waals surface area contributed by atoms with Crippen LogP contribution in [-0.4, -0.2) is 61.4 Å². The van der Waals surface area contributed by atoms with Crippen molar-refractivity contribution in [3.05, 3.63) is 0 Å². The minimum absolute atomic E-state index is 0.228. The smallest absolute Gasteiger partial charge is 0.248 e. The molecule has 1 fully saturated rings. The monoisotopic (exact) mass is 286 g/mol. The molecule has 0 aromatic rings. The third-order valence-electron chi connectivity index (χ3n) is 3.71. The fourth-order valence-corrected chi connectivity index (χ4v) is 2.35. The predicted molar refractivity (Wildman–Crippen MR) is 79.7 cm³/mol. The van der Waals surface area contributed by atoms with E-state index in [1.165, 1.54) is 19.3 Å². The Balaban J connectivity index is 1.99. The van der Waals surface area contributed by atoms with E-state index < -0.39 is 6.10 Å². The van der Waals surface area contributed by atoms with Crippen LogP contribution in [0.4, 0.5) is 0 Å². The van der Waals surface area contributed by atoms with Crippen LogP contribution < -0.4 is 5.32 Å². The lowest BCUT2D eigenvalue weighted by molar-refractivity contribution is -0.129. The second-order valence-corrected chi connectivity index (χ2v) is 5.46. The van der Waals surface area contributed by atoms with Gasteiger partial charge < -0.3 is 15.2 Å². The first-order valence-electron chi connectivity index (χ1n) is 8.00. The molecule has 118 valence electrons. The Bertz CT molecular complexity index is 256. The maximum atomic E-state index is 11.7. The van der Waals surface area contributed by atoms with E-state index in [2.05, 4.69) is 17.1 Å². The zero-order valence-electron chi connectivity index (χ0n) is 12.8. The summed E-state index contributed by atoms with van der Waals surface area (Å²) in [5.74, 6) is -0.228. The molecule has 1 unspecified atom stereocenters. The van der Waals surface area contributed by atoms with Crippen molar-refractivity contribution in [2.24, 2.45) is 0 Å². The average molecular weight is 286 g/mol. The number of unbranched alkanes of at least 4 members (excludes halogenated alkanes) is 4. The van der Waals surface area contributed by atoms with Crippen molar-refractivity contribution >= 4 is 5.91 Å². The van der Waals surface area contributed by atoms with Crippen LogP contribution in [-0.2, 0) is 9.53 Å². The van der Waals surface area contributed by atoms with Crippen molar-refractivity contribution in [3.63, 3.8) is 0 Å². The van der Waals surface area contributed by atoms with Gasteiger partial charge in [0.05, 0.1) is 13.2 Å². The Kier molecular flexibility index (Phi) is 9.62. The Labute approximate surface area is 122 Å². The zero-order chi connectivity index (χ0) is 14.6. The molecule has 5 heteroatoms. The molecule has 0 aliphatic carbocycles. The number of carbonyl (C=O) groups is 1. The van der Waals surface area contributed by atoms with Crippen molar-refractivity contribution < 1.29 is 14.6 Å². The molecule has 1 saturated heterocycles. The molecule has 0 bridgehead atoms. The highest BCUT2D eigenvalue weighted by atomic mass is 16.5. The summed E-state index contributed by atoms with van der Waals surface area (Å²) in [6.07, 6.45) is 5.41. The highest BCUT2D eigenvalue weighted by Crippen LogP contribution is 2.07. The number of aliphatic hydroxyl groups excluding tert-OH is 1. The van der Waals surface area contributed by atoms with Crippen molar-refractivity contribution in [1.29, 1.82) is 0 Å². The molecule has 1 amide bonds. The minimum Gasteiger partial charge on any atom is -0.383 e. The summed E-state index contributed by atoms with van der Waals surface area (Å²) < 4.78 is 5.27. The molecule has 5 nitrogen and oxygen atoms in total. The van der Waals surface area contributed by atoms with Crippen LogP contribution in [0.3, 0.4) is 0 Å². The van der Waals surface area contributed by atoms with Crippen LogP contribution in [0.5, 0.6) is 0 Å². The molecule has 0 saturated carbocycles. The van der Waals surface area contributed by atoms with Crippen molar-refractivity contribution in [3.8, 4) is 0 Å². The summed E-state index contributed by atoms with van der Waals surface area (Å²) in [6.45, 7) is 7.01. The SMILES string of the molecule is CCCCCCCC(O)C(=O)NCCN1CCOCC1. The highest BCUT2D eigenvalue weighted by Gasteiger charge is 2.15. The predicted octanol–water partition coefficient (Wildman–Crippen LogP) is 1.16. The maximum Gasteiger partial charge on any atom is 0.248 e. The second-order valence-electron chi connectivity index (χ2n) is 5.46. The number of rotatable bonds is 10. The van der Waals surface area contributed by atoms with Gasteiger partial charge in [-0.25, -0.2) is 0 Å². The normalized spacial score (nSPS) is 17.9. The minimum atomic E-state index is -0.846. The van der Waals surface area contributed by atoms with Crippen molar-refractivity contribution in [2.75, 3.05) is 39.4 Å². The zero-order valence-corrected chi connectivity index (χ0v) is 12.8. The number of hydrogen-bond donors (Lipinski definition) is 2. The number of amides is 1. The number of nitrogens with zero attached hydrogens (tertiary/aromatic N) is 1. The number of morpholine rings is 1. The van der Waals surface area contributed by atoms with E-state index in [9.17, 15) is 9.90 Å². The van der Waals surface area contributed by atoms with Gasteiger partial charge in [-0.3, -0.25) is 9.69 Å². The van der Waals surface area contributed by atoms with Gasteiger partial charge in [-0.2, -0.15) is 0 Å². The summed E-state index contributed by atoms with van der Waals surface area (Å²) in [7, 11) is 0. The van der Waals surface area contributed by atoms with E-state index in [1.807, 2.05) is 0 Å². The molecular weight excluding hydrogens is 256 g/mol. The summed E-state index contributed by atoms with van der Waals surface area (Å²) in [4.78, 5) is 14.0. The van der Waals surface area contributed by atoms with Gasteiger partial charge in [0.25, 0.3) is 0 Å². The number of ether oxygens (including phenoxy) is 1. The van der Waals surface area contributed by atoms with E-state index in [4.69, 9.17) is 4.74 Å². The molecule has 20 heavy (non-hydrogen) atoms. The van der Waals surface area contributed by atoms with Crippen LogP contribution in [0.2, 0.25) is 0 Å². The van der Waals surface area contributed by atoms with E-state index in [0.29, 0.717) is 13.0 Å². The number of nitrogens with one attached hydrogen (secondary N) is 1. The van der Waals surface area contributed by atoms with Crippen LogP contribution in [0.25, 0.3) is 0 Å². The first kappa shape index (κ1) is 17.4. The summed E-state index contributed by atoms with van der Waals surface area (Å²) in [5, 5.41) is 12.6. The van der Waals surface area contributed by atoms with E-state index in [-0.39, 0.29) is 5.91 Å². The Morgan fingerprint density at radius 3 is 2.65 bits per heavy atom. The van der Waals surface area contributed by atoms with Gasteiger partial charge in [-0.15, -0.1) is 0 Å². The third kappa shape index (κ3) is 7.82. The molecule has 1 aliphatic rings. The van der Waals surface area contributed by atoms with E-state index in [1.54, 1.807) is 0 Å². The Hall–Kier alpha value is -0.650. The fourth-order valence-electron chi connectivity index (χ4n) is 2.35. The lowest BCUT2D eigenvalue weighted by Crippen LogP contribution is -2.43. The van der Waals surface area contributed by atoms with Crippen molar-refractivity contribution in [2.45, 2.75) is 51.6 Å². The first-order chi connectivity index (χ1) is 9.74. The number of carbonyl (C=O) groups excluding carboxylic acids is 1. The van der Waals surface area contributed by atoms with E-state index >= 15 is 0 Å². The van der Waals surface area contributed by atoms with Gasteiger partial charge in [-0.05, 0) is 6.42 Å². The first-order valence-corrected chi connectivity index (χ1v) is 8.00. The van der Waals surface area contributed by atoms with E-state index in [0.717, 1.165) is 45.7 Å². The van der Waals surface area contributed by atoms with Crippen molar-refractivity contribution in [1.82, 2.24) is 10.2 Å². The van der Waals surface area contributed by atoms with Gasteiger partial charge in [0.2, 0.25) is 5.91 Å². The summed E-state index contributed by atoms with van der Waals surface area (Å²) in [5.41, 5.74) is 0. The molecule has 0 spiro atoms. The Morgan fingerprint density at radius 1 is 1.25 bits per heavy atom. The highest BCUT2D eigenvalue weighted by molar-refractivity contribution is 5.80. The van der Waals surface area contributed by atoms with Gasteiger partial charge in [0.15, 0.2) is 0 Å². The molecule has 1 aliphatic heterocycles. The lowest BCUT2D eigenvalue weighted by atomic mass is 10.1. The summed E-state index contributed by atoms with van der Waals surface area (Å²) >= 11 is 0. The largest absolute Gasteiger partial charge is 0.383 e. The maximum absolute atomic E-state index is 11.7. The standard InChI is InChI=1S/C15H30N2O3/c1-2-3-4-5-6-7-14(18)15(19)16-8-9-17-10-12-20-13-11-17/h14,18H,2-13H2,1H3,(H,16,19). The molecule has 0 aromatic heterocycles. The molecular formula is C15H30N2O3. The van der Waals surface area contributed by atoms with Crippen LogP contribution in [0.1, 0.15) is 45.4 Å². The molecule has 0 aromatic carbocycles. The third-order valence-corrected chi connectivity index (χ3v) is 3.71. The topological polar surface area (TPSA) is 61.8 Å². The number of aliphatic hydroxyl groups is 1. The lowest BCUT2D eigenvalue weighted by Gasteiger charge is -2.26. The van der Waals surface area contributed by atoms with Crippen LogP contribution in [0.15, 0.2) is 0 Å². The second kappa shape index (κ2) is 11.1. The fraction of sp³-hybridized carbons (Fsp3) is 0.933. The molecule has 1 heterocycles. The molecule has 1 atom stereocenters. The number of hydrogen-bond acceptors (Lipinski definition) is 4. The molecule has 0 radical (unpaired) electrons. The van der Waals surface area contributed by atoms with Gasteiger partial charge in [0, 0.05) is 26.2 Å². The van der Waals surface area contributed by atoms with Crippen LogP contribution >= 0.6 is 0 Å².